The van der Waals surface area contributed by atoms with E-state index in [-0.39, 0.29) is 11.9 Å². The maximum Gasteiger partial charge on any atom is 0.239 e. The Labute approximate surface area is 79.1 Å². The largest absolute Gasteiger partial charge is 0.386 e. The van der Waals surface area contributed by atoms with Gasteiger partial charge in [-0.3, -0.25) is 9.69 Å². The van der Waals surface area contributed by atoms with Crippen molar-refractivity contribution in [3.05, 3.63) is 0 Å². The highest BCUT2D eigenvalue weighted by Crippen LogP contribution is 2.20. The molecule has 0 spiro atoms. The van der Waals surface area contributed by atoms with E-state index in [1.807, 2.05) is 25.9 Å². The van der Waals surface area contributed by atoms with Crippen molar-refractivity contribution < 1.29 is 9.90 Å². The second kappa shape index (κ2) is 3.27. The number of likely N-dealkylation sites (N-methyl/N-ethyl adjacent to an activating group) is 1. The van der Waals surface area contributed by atoms with E-state index in [0.717, 1.165) is 0 Å². The molecule has 1 atom stereocenters. The SMILES string of the molecule is C[C@@H](C(=O)N1CC(C)(O)C1)N(C)C. The molecule has 1 amide bonds. The second-order valence-corrected chi connectivity index (χ2v) is 4.33. The third-order valence-electron chi connectivity index (χ3n) is 2.51. The van der Waals surface area contributed by atoms with Gasteiger partial charge in [-0.25, -0.2) is 0 Å². The van der Waals surface area contributed by atoms with E-state index >= 15 is 0 Å². The zero-order valence-electron chi connectivity index (χ0n) is 8.74. The molecule has 4 heteroatoms. The Bertz CT molecular complexity index is 206. The number of hydrogen-bond donors (Lipinski definition) is 1. The Kier molecular flexibility index (Phi) is 2.63. The van der Waals surface area contributed by atoms with E-state index in [4.69, 9.17) is 0 Å². The van der Waals surface area contributed by atoms with Crippen molar-refractivity contribution >= 4 is 5.91 Å². The minimum absolute atomic E-state index is 0.0940. The first kappa shape index (κ1) is 10.5. The van der Waals surface area contributed by atoms with Crippen molar-refractivity contribution in [1.82, 2.24) is 9.80 Å². The number of nitrogens with zero attached hydrogens (tertiary/aromatic N) is 2. The third kappa shape index (κ3) is 2.19. The number of β-amino-alcohol motifs (C(OH)–C–C–N with tert-alkyl or cyclic N) is 1. The van der Waals surface area contributed by atoms with Gasteiger partial charge in [0, 0.05) is 0 Å². The molecule has 0 radical (unpaired) electrons. The number of hydrogen-bond acceptors (Lipinski definition) is 3. The number of amides is 1. The fraction of sp³-hybridized carbons (Fsp3) is 0.889. The summed E-state index contributed by atoms with van der Waals surface area (Å²) in [5.41, 5.74) is -0.665. The predicted molar refractivity (Wildman–Crippen MR) is 50.4 cm³/mol. The molecule has 1 saturated heterocycles. The van der Waals surface area contributed by atoms with E-state index < -0.39 is 5.60 Å². The molecule has 1 heterocycles. The number of carbonyl (C=O) groups is 1. The van der Waals surface area contributed by atoms with Crippen LogP contribution in [-0.2, 0) is 4.79 Å². The lowest BCUT2D eigenvalue weighted by Gasteiger charge is -2.45. The fourth-order valence-electron chi connectivity index (χ4n) is 1.42. The summed E-state index contributed by atoms with van der Waals surface area (Å²) >= 11 is 0. The number of aliphatic hydroxyl groups is 1. The van der Waals surface area contributed by atoms with Gasteiger partial charge in [-0.1, -0.05) is 0 Å². The lowest BCUT2D eigenvalue weighted by molar-refractivity contribution is -0.156. The van der Waals surface area contributed by atoms with E-state index in [2.05, 4.69) is 0 Å². The van der Waals surface area contributed by atoms with E-state index in [0.29, 0.717) is 13.1 Å². The van der Waals surface area contributed by atoms with Crippen molar-refractivity contribution in [2.45, 2.75) is 25.5 Å². The van der Waals surface area contributed by atoms with Crippen LogP contribution >= 0.6 is 0 Å². The summed E-state index contributed by atoms with van der Waals surface area (Å²) in [7, 11) is 3.75. The molecular weight excluding hydrogens is 168 g/mol. The van der Waals surface area contributed by atoms with Crippen LogP contribution in [0.3, 0.4) is 0 Å². The molecule has 0 saturated carbocycles. The molecule has 0 aromatic carbocycles. The number of likely N-dealkylation sites (tertiary alicyclic amines) is 1. The summed E-state index contributed by atoms with van der Waals surface area (Å²) < 4.78 is 0. The predicted octanol–water partition coefficient (Wildman–Crippen LogP) is -0.470. The molecule has 1 N–H and O–H groups in total. The standard InChI is InChI=1S/C9H18N2O2/c1-7(10(3)4)8(12)11-5-9(2,13)6-11/h7,13H,5-6H2,1-4H3/t7-/m0/s1. The Balaban J connectivity index is 2.43. The van der Waals surface area contributed by atoms with Gasteiger partial charge in [0.05, 0.1) is 24.7 Å². The van der Waals surface area contributed by atoms with Gasteiger partial charge in [-0.05, 0) is 27.9 Å². The first-order chi connectivity index (χ1) is 5.83. The summed E-state index contributed by atoms with van der Waals surface area (Å²) in [4.78, 5) is 15.2. The minimum Gasteiger partial charge on any atom is -0.386 e. The Morgan fingerprint density at radius 1 is 1.54 bits per heavy atom. The van der Waals surface area contributed by atoms with Gasteiger partial charge in [0.15, 0.2) is 0 Å². The monoisotopic (exact) mass is 186 g/mol. The number of carbonyl (C=O) groups excluding carboxylic acids is 1. The molecule has 0 unspecified atom stereocenters. The first-order valence-electron chi connectivity index (χ1n) is 4.51. The first-order valence-corrected chi connectivity index (χ1v) is 4.51. The molecule has 1 aliphatic rings. The van der Waals surface area contributed by atoms with Gasteiger partial charge in [-0.15, -0.1) is 0 Å². The van der Waals surface area contributed by atoms with Crippen LogP contribution in [0, 0.1) is 0 Å². The quantitative estimate of drug-likeness (QED) is 0.634. The highest BCUT2D eigenvalue weighted by atomic mass is 16.3. The molecule has 1 rings (SSSR count). The summed E-state index contributed by atoms with van der Waals surface area (Å²) in [6.45, 7) is 4.54. The second-order valence-electron chi connectivity index (χ2n) is 4.33. The summed E-state index contributed by atoms with van der Waals surface area (Å²) in [5, 5.41) is 9.45. The Morgan fingerprint density at radius 2 is 2.00 bits per heavy atom. The molecule has 13 heavy (non-hydrogen) atoms. The highest BCUT2D eigenvalue weighted by Gasteiger charge is 2.40. The molecule has 0 aromatic rings. The minimum atomic E-state index is -0.665. The average Bonchev–Trinajstić information content (AvgIpc) is 1.97. The maximum absolute atomic E-state index is 11.6. The van der Waals surface area contributed by atoms with Crippen LogP contribution in [0.2, 0.25) is 0 Å². The summed E-state index contributed by atoms with van der Waals surface area (Å²) in [6.07, 6.45) is 0. The third-order valence-corrected chi connectivity index (χ3v) is 2.51. The molecule has 1 aliphatic heterocycles. The van der Waals surface area contributed by atoms with E-state index in [1.165, 1.54) is 0 Å². The Hall–Kier alpha value is -0.610. The summed E-state index contributed by atoms with van der Waals surface area (Å²) in [5.74, 6) is 0.0940. The average molecular weight is 186 g/mol. The van der Waals surface area contributed by atoms with Crippen molar-refractivity contribution in [3.63, 3.8) is 0 Å². The molecule has 0 bridgehead atoms. The van der Waals surface area contributed by atoms with Crippen LogP contribution in [0.1, 0.15) is 13.8 Å². The lowest BCUT2D eigenvalue weighted by Crippen LogP contribution is -2.64. The van der Waals surface area contributed by atoms with Gasteiger partial charge in [0.2, 0.25) is 5.91 Å². The van der Waals surface area contributed by atoms with Crippen LogP contribution in [0.5, 0.6) is 0 Å². The smallest absolute Gasteiger partial charge is 0.239 e. The van der Waals surface area contributed by atoms with Crippen molar-refractivity contribution in [3.8, 4) is 0 Å². The number of rotatable bonds is 2. The van der Waals surface area contributed by atoms with Gasteiger partial charge in [-0.2, -0.15) is 0 Å². The van der Waals surface area contributed by atoms with E-state index in [9.17, 15) is 9.90 Å². The lowest BCUT2D eigenvalue weighted by atomic mass is 9.96. The van der Waals surface area contributed by atoms with Crippen LogP contribution in [0.4, 0.5) is 0 Å². The molecule has 0 aromatic heterocycles. The molecule has 76 valence electrons. The van der Waals surface area contributed by atoms with Gasteiger partial charge >= 0.3 is 0 Å². The molecule has 4 nitrogen and oxygen atoms in total. The maximum atomic E-state index is 11.6. The fourth-order valence-corrected chi connectivity index (χ4v) is 1.42. The van der Waals surface area contributed by atoms with Gasteiger partial charge < -0.3 is 10.0 Å². The topological polar surface area (TPSA) is 43.8 Å². The van der Waals surface area contributed by atoms with Crippen LogP contribution in [0.25, 0.3) is 0 Å². The molecule has 0 aliphatic carbocycles. The Morgan fingerprint density at radius 3 is 2.31 bits per heavy atom. The zero-order valence-corrected chi connectivity index (χ0v) is 8.74. The normalized spacial score (nSPS) is 22.8. The van der Waals surface area contributed by atoms with Crippen molar-refractivity contribution in [2.75, 3.05) is 27.2 Å². The van der Waals surface area contributed by atoms with Crippen molar-refractivity contribution in [2.24, 2.45) is 0 Å². The molecule has 1 fully saturated rings. The van der Waals surface area contributed by atoms with Crippen LogP contribution in [-0.4, -0.2) is 59.6 Å². The van der Waals surface area contributed by atoms with Crippen LogP contribution in [0.15, 0.2) is 0 Å². The van der Waals surface area contributed by atoms with Crippen molar-refractivity contribution in [1.29, 1.82) is 0 Å². The molecular formula is C9H18N2O2. The van der Waals surface area contributed by atoms with Crippen LogP contribution < -0.4 is 0 Å². The highest BCUT2D eigenvalue weighted by molar-refractivity contribution is 5.82. The summed E-state index contributed by atoms with van der Waals surface area (Å²) in [6, 6.07) is -0.101. The van der Waals surface area contributed by atoms with Gasteiger partial charge in [0.25, 0.3) is 0 Å². The zero-order chi connectivity index (χ0) is 10.2. The van der Waals surface area contributed by atoms with E-state index in [1.54, 1.807) is 11.8 Å². The van der Waals surface area contributed by atoms with Gasteiger partial charge in [0.1, 0.15) is 0 Å².